The molecule has 1 aliphatic rings. The lowest BCUT2D eigenvalue weighted by molar-refractivity contribution is 0.182. The Morgan fingerprint density at radius 2 is 2.12 bits per heavy atom. The molecule has 0 aliphatic heterocycles. The molecular formula is C15H25NS. The Bertz CT molecular complexity index is 299. The standard InChI is InChI=1S/C15H25NS/c1-2-10-16-13-15(8-4-3-5-9-15)12-14-7-6-11-17-14/h6-7,11,16H,2-5,8-10,12-13H2,1H3. The van der Waals surface area contributed by atoms with E-state index in [4.69, 9.17) is 0 Å². The average molecular weight is 251 g/mol. The van der Waals surface area contributed by atoms with E-state index in [1.165, 1.54) is 58.0 Å². The van der Waals surface area contributed by atoms with Crippen LogP contribution in [-0.2, 0) is 6.42 Å². The minimum absolute atomic E-state index is 0.554. The maximum absolute atomic E-state index is 3.66. The SMILES string of the molecule is CCCNCC1(Cc2cccs2)CCCCC1. The van der Waals surface area contributed by atoms with E-state index >= 15 is 0 Å². The van der Waals surface area contributed by atoms with Gasteiger partial charge in [0, 0.05) is 11.4 Å². The molecular weight excluding hydrogens is 226 g/mol. The predicted molar refractivity (Wildman–Crippen MR) is 76.7 cm³/mol. The summed E-state index contributed by atoms with van der Waals surface area (Å²) in [5, 5.41) is 5.88. The van der Waals surface area contributed by atoms with E-state index in [2.05, 4.69) is 29.8 Å². The molecule has 1 fully saturated rings. The van der Waals surface area contributed by atoms with Crippen LogP contribution in [0.2, 0.25) is 0 Å². The first kappa shape index (κ1) is 13.1. The van der Waals surface area contributed by atoms with E-state index in [1.807, 2.05) is 11.3 Å². The molecule has 1 aromatic rings. The zero-order valence-electron chi connectivity index (χ0n) is 11.0. The van der Waals surface area contributed by atoms with Crippen molar-refractivity contribution in [3.05, 3.63) is 22.4 Å². The van der Waals surface area contributed by atoms with Crippen LogP contribution in [0.15, 0.2) is 17.5 Å². The fourth-order valence-corrected chi connectivity index (χ4v) is 3.91. The molecule has 1 N–H and O–H groups in total. The van der Waals surface area contributed by atoms with Crippen LogP contribution < -0.4 is 5.32 Å². The van der Waals surface area contributed by atoms with Crippen LogP contribution in [0, 0.1) is 5.41 Å². The highest BCUT2D eigenvalue weighted by Crippen LogP contribution is 2.39. The molecule has 2 rings (SSSR count). The molecule has 17 heavy (non-hydrogen) atoms. The van der Waals surface area contributed by atoms with Gasteiger partial charge in [0.1, 0.15) is 0 Å². The highest BCUT2D eigenvalue weighted by Gasteiger charge is 2.31. The fourth-order valence-electron chi connectivity index (χ4n) is 3.03. The minimum Gasteiger partial charge on any atom is -0.316 e. The van der Waals surface area contributed by atoms with E-state index in [9.17, 15) is 0 Å². The highest BCUT2D eigenvalue weighted by molar-refractivity contribution is 7.09. The fraction of sp³-hybridized carbons (Fsp3) is 0.733. The maximum atomic E-state index is 3.66. The predicted octanol–water partition coefficient (Wildman–Crippen LogP) is 4.24. The number of hydrogen-bond donors (Lipinski definition) is 1. The quantitative estimate of drug-likeness (QED) is 0.746. The van der Waals surface area contributed by atoms with Crippen molar-refractivity contribution in [1.82, 2.24) is 5.32 Å². The van der Waals surface area contributed by atoms with Gasteiger partial charge in [0.15, 0.2) is 0 Å². The van der Waals surface area contributed by atoms with Crippen LogP contribution in [0.5, 0.6) is 0 Å². The first-order valence-corrected chi connectivity index (χ1v) is 7.96. The summed E-state index contributed by atoms with van der Waals surface area (Å²) in [6, 6.07) is 4.50. The monoisotopic (exact) mass is 251 g/mol. The molecule has 0 spiro atoms. The second-order valence-electron chi connectivity index (χ2n) is 5.49. The van der Waals surface area contributed by atoms with Gasteiger partial charge in [0.05, 0.1) is 0 Å². The van der Waals surface area contributed by atoms with Crippen LogP contribution in [0.25, 0.3) is 0 Å². The Labute approximate surface area is 110 Å². The number of rotatable bonds is 6. The van der Waals surface area contributed by atoms with Crippen molar-refractivity contribution in [2.75, 3.05) is 13.1 Å². The normalized spacial score (nSPS) is 19.4. The summed E-state index contributed by atoms with van der Waals surface area (Å²) in [5.74, 6) is 0. The minimum atomic E-state index is 0.554. The molecule has 2 heteroatoms. The van der Waals surface area contributed by atoms with Crippen LogP contribution in [0.1, 0.15) is 50.3 Å². The summed E-state index contributed by atoms with van der Waals surface area (Å²) >= 11 is 1.93. The van der Waals surface area contributed by atoms with E-state index in [-0.39, 0.29) is 0 Å². The molecule has 0 radical (unpaired) electrons. The number of thiophene rings is 1. The number of hydrogen-bond acceptors (Lipinski definition) is 2. The van der Waals surface area contributed by atoms with Crippen molar-refractivity contribution in [3.8, 4) is 0 Å². The van der Waals surface area contributed by atoms with Crippen molar-refractivity contribution in [2.45, 2.75) is 51.9 Å². The molecule has 1 saturated carbocycles. The molecule has 0 aromatic carbocycles. The molecule has 0 saturated heterocycles. The van der Waals surface area contributed by atoms with Gasteiger partial charge in [0.25, 0.3) is 0 Å². The average Bonchev–Trinajstić information content (AvgIpc) is 2.83. The van der Waals surface area contributed by atoms with Gasteiger partial charge in [0.2, 0.25) is 0 Å². The second kappa shape index (κ2) is 6.55. The molecule has 1 heterocycles. The highest BCUT2D eigenvalue weighted by atomic mass is 32.1. The van der Waals surface area contributed by atoms with Gasteiger partial charge in [-0.15, -0.1) is 11.3 Å². The second-order valence-corrected chi connectivity index (χ2v) is 6.53. The zero-order valence-corrected chi connectivity index (χ0v) is 11.8. The smallest absolute Gasteiger partial charge is 0.00512 e. The Hall–Kier alpha value is -0.340. The van der Waals surface area contributed by atoms with Crippen molar-refractivity contribution in [3.63, 3.8) is 0 Å². The molecule has 1 nitrogen and oxygen atoms in total. The lowest BCUT2D eigenvalue weighted by Gasteiger charge is -2.37. The topological polar surface area (TPSA) is 12.0 Å². The van der Waals surface area contributed by atoms with Gasteiger partial charge < -0.3 is 5.32 Å². The third kappa shape index (κ3) is 3.82. The summed E-state index contributed by atoms with van der Waals surface area (Å²) in [4.78, 5) is 1.57. The van der Waals surface area contributed by atoms with Crippen LogP contribution in [0.4, 0.5) is 0 Å². The van der Waals surface area contributed by atoms with Gasteiger partial charge in [-0.1, -0.05) is 32.3 Å². The summed E-state index contributed by atoms with van der Waals surface area (Å²) in [6.45, 7) is 4.64. The first-order chi connectivity index (χ1) is 8.35. The zero-order chi connectivity index (χ0) is 12.0. The third-order valence-corrected chi connectivity index (χ3v) is 4.85. The largest absolute Gasteiger partial charge is 0.316 e. The summed E-state index contributed by atoms with van der Waals surface area (Å²) in [7, 11) is 0. The molecule has 0 unspecified atom stereocenters. The van der Waals surface area contributed by atoms with E-state index in [0.717, 1.165) is 0 Å². The van der Waals surface area contributed by atoms with Crippen molar-refractivity contribution < 1.29 is 0 Å². The Kier molecular flexibility index (Phi) is 5.05. The molecule has 96 valence electrons. The van der Waals surface area contributed by atoms with E-state index in [0.29, 0.717) is 5.41 Å². The Morgan fingerprint density at radius 3 is 2.76 bits per heavy atom. The Balaban J connectivity index is 1.95. The Morgan fingerprint density at radius 1 is 1.29 bits per heavy atom. The number of nitrogens with one attached hydrogen (secondary N) is 1. The molecule has 0 bridgehead atoms. The summed E-state index contributed by atoms with van der Waals surface area (Å²) in [6.07, 6.45) is 9.68. The van der Waals surface area contributed by atoms with Crippen molar-refractivity contribution in [1.29, 1.82) is 0 Å². The van der Waals surface area contributed by atoms with Gasteiger partial charge in [-0.25, -0.2) is 0 Å². The van der Waals surface area contributed by atoms with Gasteiger partial charge in [-0.2, -0.15) is 0 Å². The molecule has 0 amide bonds. The molecule has 1 aromatic heterocycles. The molecule has 1 aliphatic carbocycles. The van der Waals surface area contributed by atoms with Crippen LogP contribution >= 0.6 is 11.3 Å². The lowest BCUT2D eigenvalue weighted by Crippen LogP contribution is -2.38. The van der Waals surface area contributed by atoms with Gasteiger partial charge in [-0.3, -0.25) is 0 Å². The van der Waals surface area contributed by atoms with Gasteiger partial charge in [-0.05, 0) is 49.1 Å². The van der Waals surface area contributed by atoms with Crippen LogP contribution in [-0.4, -0.2) is 13.1 Å². The molecule has 0 atom stereocenters. The van der Waals surface area contributed by atoms with Crippen molar-refractivity contribution >= 4 is 11.3 Å². The summed E-state index contributed by atoms with van der Waals surface area (Å²) in [5.41, 5.74) is 0.554. The maximum Gasteiger partial charge on any atom is 0.00512 e. The third-order valence-electron chi connectivity index (χ3n) is 3.97. The lowest BCUT2D eigenvalue weighted by atomic mass is 9.71. The van der Waals surface area contributed by atoms with E-state index in [1.54, 1.807) is 4.88 Å². The summed E-state index contributed by atoms with van der Waals surface area (Å²) < 4.78 is 0. The van der Waals surface area contributed by atoms with E-state index < -0.39 is 0 Å². The first-order valence-electron chi connectivity index (χ1n) is 7.08. The van der Waals surface area contributed by atoms with Gasteiger partial charge >= 0.3 is 0 Å². The van der Waals surface area contributed by atoms with Crippen LogP contribution in [0.3, 0.4) is 0 Å². The van der Waals surface area contributed by atoms with Crippen molar-refractivity contribution in [2.24, 2.45) is 5.41 Å².